The van der Waals surface area contributed by atoms with Gasteiger partial charge >= 0.3 is 0 Å². The summed E-state index contributed by atoms with van der Waals surface area (Å²) in [5, 5.41) is 6.28. The highest BCUT2D eigenvalue weighted by molar-refractivity contribution is 5.97. The molecule has 0 bridgehead atoms. The topological polar surface area (TPSA) is 86.6 Å². The molecule has 2 fully saturated rings. The van der Waals surface area contributed by atoms with Crippen molar-refractivity contribution in [2.45, 2.75) is 70.0 Å². The zero-order valence-corrected chi connectivity index (χ0v) is 22.5. The molecule has 2 aromatic rings. The Balaban J connectivity index is 0.00000336. The fraction of sp³-hybridized carbons (Fsp3) is 0.552. The number of fused-ring (bicyclic) bond motifs is 2. The van der Waals surface area contributed by atoms with Gasteiger partial charge in [-0.1, -0.05) is 19.4 Å². The first kappa shape index (κ1) is 25.5. The molecule has 1 aromatic heterocycles. The summed E-state index contributed by atoms with van der Waals surface area (Å²) in [6.07, 6.45) is 7.46. The fourth-order valence-electron chi connectivity index (χ4n) is 6.38. The predicted molar refractivity (Wildman–Crippen MR) is 147 cm³/mol. The van der Waals surface area contributed by atoms with Gasteiger partial charge in [-0.2, -0.15) is 0 Å². The number of hydrogen-bond acceptors (Lipinski definition) is 6. The van der Waals surface area contributed by atoms with Crippen molar-refractivity contribution in [3.05, 3.63) is 52.7 Å². The molecule has 8 nitrogen and oxygen atoms in total. The van der Waals surface area contributed by atoms with Crippen LogP contribution in [-0.4, -0.2) is 73.1 Å². The highest BCUT2D eigenvalue weighted by Crippen LogP contribution is 2.57. The summed E-state index contributed by atoms with van der Waals surface area (Å²) in [6, 6.07) is 8.30. The molecule has 3 heterocycles. The average molecular weight is 508 g/mol. The van der Waals surface area contributed by atoms with Crippen LogP contribution in [0.3, 0.4) is 0 Å². The Labute approximate surface area is 221 Å². The van der Waals surface area contributed by atoms with Crippen molar-refractivity contribution in [1.29, 1.82) is 0 Å². The van der Waals surface area contributed by atoms with Gasteiger partial charge in [0.15, 0.2) is 0 Å². The number of benzene rings is 1. The second-order valence-electron chi connectivity index (χ2n) is 11.0. The van der Waals surface area contributed by atoms with Gasteiger partial charge in [-0.15, -0.1) is 0 Å². The Bertz CT molecular complexity index is 1170. The standard InChI is InChI=1S/C29H39N5O3.H2/c1-5-12-29-17-22(32-28(36)23-9-7-20-11-15-37-26(20)19(23)2)16-24(29)34(29)25-10-8-21(18-31-25)27(35)30-13-6-14-33(3)4;/h7-10,18,22,24H,5-6,11-17H2,1-4H3,(H,30,35)(H,32,36);1H. The summed E-state index contributed by atoms with van der Waals surface area (Å²) in [6.45, 7) is 6.47. The highest BCUT2D eigenvalue weighted by atomic mass is 16.5. The summed E-state index contributed by atoms with van der Waals surface area (Å²) in [4.78, 5) is 34.8. The Kier molecular flexibility index (Phi) is 7.12. The molecule has 2 amide bonds. The number of rotatable bonds is 10. The van der Waals surface area contributed by atoms with E-state index in [1.54, 1.807) is 6.20 Å². The number of carbonyl (C=O) groups is 2. The summed E-state index contributed by atoms with van der Waals surface area (Å²) >= 11 is 0. The lowest BCUT2D eigenvalue weighted by Crippen LogP contribution is -2.38. The number of amides is 2. The van der Waals surface area contributed by atoms with Crippen LogP contribution in [0.4, 0.5) is 5.82 Å². The van der Waals surface area contributed by atoms with Crippen molar-refractivity contribution < 1.29 is 15.8 Å². The molecule has 1 saturated carbocycles. The molecule has 37 heavy (non-hydrogen) atoms. The number of carbonyl (C=O) groups excluding carboxylic acids is 2. The molecule has 2 aliphatic heterocycles. The first-order valence-corrected chi connectivity index (χ1v) is 13.6. The van der Waals surface area contributed by atoms with Crippen LogP contribution in [0.2, 0.25) is 0 Å². The van der Waals surface area contributed by atoms with Gasteiger partial charge in [0.2, 0.25) is 0 Å². The van der Waals surface area contributed by atoms with Gasteiger partial charge in [0.05, 0.1) is 23.8 Å². The number of ether oxygens (including phenoxy) is 1. The Morgan fingerprint density at radius 2 is 2.08 bits per heavy atom. The molecule has 2 N–H and O–H groups in total. The SMILES string of the molecule is CCCC12CC(NC(=O)c3ccc4c(c3C)OCC4)CC1N2c1ccc(C(=O)NCCCN(C)C)cn1.[HH]. The van der Waals surface area contributed by atoms with E-state index in [-0.39, 0.29) is 24.8 Å². The lowest BCUT2D eigenvalue weighted by molar-refractivity contribution is 0.0931. The molecule has 5 rings (SSSR count). The molecular formula is C29H41N5O3. The number of piperidine rings is 1. The van der Waals surface area contributed by atoms with Crippen molar-refractivity contribution in [3.63, 3.8) is 0 Å². The second-order valence-corrected chi connectivity index (χ2v) is 11.0. The third-order valence-electron chi connectivity index (χ3n) is 8.14. The summed E-state index contributed by atoms with van der Waals surface area (Å²) in [5.74, 6) is 1.70. The third kappa shape index (κ3) is 4.91. The predicted octanol–water partition coefficient (Wildman–Crippen LogP) is 3.57. The van der Waals surface area contributed by atoms with Crippen molar-refractivity contribution >= 4 is 17.6 Å². The molecule has 3 aliphatic rings. The van der Waals surface area contributed by atoms with Crippen molar-refractivity contribution in [2.24, 2.45) is 0 Å². The Morgan fingerprint density at radius 3 is 2.81 bits per heavy atom. The zero-order chi connectivity index (χ0) is 26.2. The van der Waals surface area contributed by atoms with E-state index in [0.717, 1.165) is 62.2 Å². The molecule has 1 aromatic carbocycles. The van der Waals surface area contributed by atoms with Crippen LogP contribution in [-0.2, 0) is 6.42 Å². The maximum absolute atomic E-state index is 13.2. The van der Waals surface area contributed by atoms with Gasteiger partial charge in [-0.25, -0.2) is 4.98 Å². The second kappa shape index (κ2) is 10.3. The van der Waals surface area contributed by atoms with Crippen LogP contribution in [0.15, 0.2) is 30.5 Å². The number of nitrogens with zero attached hydrogens (tertiary/aromatic N) is 3. The van der Waals surface area contributed by atoms with Crippen LogP contribution in [0, 0.1) is 6.92 Å². The van der Waals surface area contributed by atoms with Gasteiger partial charge in [0.25, 0.3) is 11.8 Å². The minimum atomic E-state index is -0.0814. The lowest BCUT2D eigenvalue weighted by Gasteiger charge is -2.23. The van der Waals surface area contributed by atoms with Crippen LogP contribution in [0.1, 0.15) is 72.3 Å². The number of nitrogens with one attached hydrogen (secondary N) is 2. The van der Waals surface area contributed by atoms with Gasteiger partial charge in [-0.3, -0.25) is 9.59 Å². The Hall–Kier alpha value is -3.13. The molecule has 0 spiro atoms. The summed E-state index contributed by atoms with van der Waals surface area (Å²) in [7, 11) is 4.05. The van der Waals surface area contributed by atoms with E-state index < -0.39 is 0 Å². The third-order valence-corrected chi connectivity index (χ3v) is 8.14. The van der Waals surface area contributed by atoms with E-state index in [2.05, 4.69) is 32.3 Å². The lowest BCUT2D eigenvalue weighted by atomic mass is 9.99. The quantitative estimate of drug-likeness (QED) is 0.378. The maximum Gasteiger partial charge on any atom is 0.252 e. The van der Waals surface area contributed by atoms with Crippen LogP contribution in [0.5, 0.6) is 5.75 Å². The van der Waals surface area contributed by atoms with Gasteiger partial charge in [0.1, 0.15) is 11.6 Å². The molecular weight excluding hydrogens is 466 g/mol. The number of hydrogen-bond donors (Lipinski definition) is 2. The zero-order valence-electron chi connectivity index (χ0n) is 22.5. The van der Waals surface area contributed by atoms with E-state index >= 15 is 0 Å². The monoisotopic (exact) mass is 507 g/mol. The van der Waals surface area contributed by atoms with E-state index in [0.29, 0.717) is 30.3 Å². The van der Waals surface area contributed by atoms with Crippen molar-refractivity contribution in [1.82, 2.24) is 20.5 Å². The smallest absolute Gasteiger partial charge is 0.252 e. The maximum atomic E-state index is 13.2. The Morgan fingerprint density at radius 1 is 1.24 bits per heavy atom. The molecule has 8 heteroatoms. The number of anilines is 1. The highest BCUT2D eigenvalue weighted by Gasteiger charge is 2.67. The van der Waals surface area contributed by atoms with E-state index in [9.17, 15) is 9.59 Å². The molecule has 1 aliphatic carbocycles. The first-order chi connectivity index (χ1) is 17.8. The van der Waals surface area contributed by atoms with Crippen LogP contribution < -0.4 is 20.3 Å². The van der Waals surface area contributed by atoms with Crippen molar-refractivity contribution in [2.75, 3.05) is 38.7 Å². The molecule has 3 unspecified atom stereocenters. The van der Waals surface area contributed by atoms with E-state index in [1.165, 1.54) is 5.56 Å². The first-order valence-electron chi connectivity index (χ1n) is 13.6. The van der Waals surface area contributed by atoms with Crippen LogP contribution in [0.25, 0.3) is 0 Å². The van der Waals surface area contributed by atoms with Gasteiger partial charge in [0, 0.05) is 37.8 Å². The van der Waals surface area contributed by atoms with E-state index in [1.807, 2.05) is 45.3 Å². The molecule has 3 atom stereocenters. The molecule has 1 saturated heterocycles. The fourth-order valence-corrected chi connectivity index (χ4v) is 6.38. The normalized spacial score (nSPS) is 23.4. The number of pyridine rings is 1. The minimum absolute atomic E-state index is 0. The molecule has 0 radical (unpaired) electrons. The minimum Gasteiger partial charge on any atom is -0.493 e. The molecule has 200 valence electrons. The summed E-state index contributed by atoms with van der Waals surface area (Å²) in [5.41, 5.74) is 3.45. The van der Waals surface area contributed by atoms with Gasteiger partial charge < -0.3 is 25.2 Å². The number of aromatic nitrogens is 1. The van der Waals surface area contributed by atoms with Crippen LogP contribution >= 0.6 is 0 Å². The van der Waals surface area contributed by atoms with Crippen molar-refractivity contribution in [3.8, 4) is 5.75 Å². The summed E-state index contributed by atoms with van der Waals surface area (Å²) < 4.78 is 5.76. The largest absolute Gasteiger partial charge is 0.493 e. The van der Waals surface area contributed by atoms with E-state index in [4.69, 9.17) is 4.74 Å². The average Bonchev–Trinajstić information content (AvgIpc) is 3.19. The van der Waals surface area contributed by atoms with Gasteiger partial charge in [-0.05, 0) is 77.0 Å².